The van der Waals surface area contributed by atoms with Gasteiger partial charge >= 0.3 is 5.97 Å². The summed E-state index contributed by atoms with van der Waals surface area (Å²) in [6.45, 7) is 2.33. The van der Waals surface area contributed by atoms with Crippen LogP contribution in [0.15, 0.2) is 53.4 Å². The summed E-state index contributed by atoms with van der Waals surface area (Å²) in [5.74, 6) is -2.46. The maximum atomic E-state index is 13.5. The number of likely N-dealkylation sites (tertiary alicyclic amines) is 1. The van der Waals surface area contributed by atoms with Gasteiger partial charge in [-0.25, -0.2) is 22.3 Å². The standard InChI is InChI=1S/C19H21FN2O4S.ClH/c20-18-7-6-16(12-17(18)19(23)24)27(25,26)21-15-8-10-22(11-9-15)13-14-4-2-1-3-5-14;/h1-7,12,15,21H,8-11,13H2,(H,23,24);1H. The molecule has 1 saturated heterocycles. The van der Waals surface area contributed by atoms with Crippen LogP contribution in [0, 0.1) is 5.82 Å². The molecule has 28 heavy (non-hydrogen) atoms. The molecule has 0 aliphatic carbocycles. The molecule has 0 radical (unpaired) electrons. The third-order valence-corrected chi connectivity index (χ3v) is 6.16. The van der Waals surface area contributed by atoms with E-state index in [1.54, 1.807) is 0 Å². The fraction of sp³-hybridized carbons (Fsp3) is 0.316. The van der Waals surface area contributed by atoms with Gasteiger partial charge in [0.25, 0.3) is 0 Å². The SMILES string of the molecule is Cl.O=C(O)c1cc(S(=O)(=O)NC2CCN(Cc3ccccc3)CC2)ccc1F. The zero-order valence-corrected chi connectivity index (χ0v) is 16.7. The highest BCUT2D eigenvalue weighted by Gasteiger charge is 2.26. The number of nitrogens with one attached hydrogen (secondary N) is 1. The van der Waals surface area contributed by atoms with E-state index >= 15 is 0 Å². The van der Waals surface area contributed by atoms with Crippen LogP contribution in [0.3, 0.4) is 0 Å². The van der Waals surface area contributed by atoms with E-state index in [1.165, 1.54) is 5.56 Å². The molecule has 1 heterocycles. The second-order valence-corrected chi connectivity index (χ2v) is 8.32. The van der Waals surface area contributed by atoms with Crippen molar-refractivity contribution in [2.45, 2.75) is 30.3 Å². The molecule has 9 heteroatoms. The zero-order chi connectivity index (χ0) is 19.4. The summed E-state index contributed by atoms with van der Waals surface area (Å²) in [4.78, 5) is 13.0. The Balaban J connectivity index is 0.00000280. The molecule has 0 spiro atoms. The van der Waals surface area contributed by atoms with Gasteiger partial charge in [0.2, 0.25) is 10.0 Å². The normalized spacial score (nSPS) is 15.8. The molecule has 1 aliphatic heterocycles. The minimum atomic E-state index is -3.91. The highest BCUT2D eigenvalue weighted by molar-refractivity contribution is 7.89. The quantitative estimate of drug-likeness (QED) is 0.738. The Labute approximate surface area is 169 Å². The number of sulfonamides is 1. The first-order valence-electron chi connectivity index (χ1n) is 8.66. The molecule has 6 nitrogen and oxygen atoms in total. The molecule has 0 atom stereocenters. The molecule has 0 unspecified atom stereocenters. The van der Waals surface area contributed by atoms with Crippen LogP contribution in [-0.2, 0) is 16.6 Å². The maximum Gasteiger partial charge on any atom is 0.338 e. The van der Waals surface area contributed by atoms with Crippen molar-refractivity contribution in [2.24, 2.45) is 0 Å². The van der Waals surface area contributed by atoms with Gasteiger partial charge < -0.3 is 5.11 Å². The van der Waals surface area contributed by atoms with E-state index < -0.39 is 27.4 Å². The Kier molecular flexibility index (Phi) is 7.54. The number of piperidine rings is 1. The average molecular weight is 429 g/mol. The van der Waals surface area contributed by atoms with Crippen molar-refractivity contribution in [2.75, 3.05) is 13.1 Å². The lowest BCUT2D eigenvalue weighted by Gasteiger charge is -2.32. The predicted molar refractivity (Wildman–Crippen MR) is 106 cm³/mol. The molecular formula is C19H22ClFN2O4S. The summed E-state index contributed by atoms with van der Waals surface area (Å²) >= 11 is 0. The van der Waals surface area contributed by atoms with E-state index in [4.69, 9.17) is 5.11 Å². The first kappa shape index (κ1) is 22.3. The molecule has 152 valence electrons. The number of benzene rings is 2. The van der Waals surface area contributed by atoms with Gasteiger partial charge in [0, 0.05) is 25.7 Å². The molecule has 0 amide bonds. The van der Waals surface area contributed by atoms with E-state index in [0.29, 0.717) is 12.8 Å². The lowest BCUT2D eigenvalue weighted by molar-refractivity contribution is 0.0691. The molecular weight excluding hydrogens is 407 g/mol. The summed E-state index contributed by atoms with van der Waals surface area (Å²) in [5, 5.41) is 8.97. The molecule has 2 N–H and O–H groups in total. The molecule has 0 bridgehead atoms. The monoisotopic (exact) mass is 428 g/mol. The Morgan fingerprint density at radius 1 is 1.14 bits per heavy atom. The van der Waals surface area contributed by atoms with Crippen LogP contribution in [0.5, 0.6) is 0 Å². The maximum absolute atomic E-state index is 13.5. The molecule has 0 aromatic heterocycles. The van der Waals surface area contributed by atoms with Crippen molar-refractivity contribution < 1.29 is 22.7 Å². The molecule has 2 aromatic carbocycles. The molecule has 1 aliphatic rings. The fourth-order valence-corrected chi connectivity index (χ4v) is 4.50. The second kappa shape index (κ2) is 9.47. The summed E-state index contributed by atoms with van der Waals surface area (Å²) in [6, 6.07) is 12.6. The van der Waals surface area contributed by atoms with Gasteiger partial charge in [-0.3, -0.25) is 4.90 Å². The number of carboxylic acid groups (broad SMARTS) is 1. The first-order valence-corrected chi connectivity index (χ1v) is 10.1. The number of hydrogen-bond donors (Lipinski definition) is 2. The number of carbonyl (C=O) groups is 1. The van der Waals surface area contributed by atoms with Gasteiger partial charge in [-0.05, 0) is 36.6 Å². The Bertz CT molecular complexity index is 917. The van der Waals surface area contributed by atoms with Gasteiger partial charge in [-0.1, -0.05) is 30.3 Å². The first-order chi connectivity index (χ1) is 12.8. The molecule has 0 saturated carbocycles. The number of rotatable bonds is 6. The van der Waals surface area contributed by atoms with Crippen molar-refractivity contribution in [1.29, 1.82) is 0 Å². The summed E-state index contributed by atoms with van der Waals surface area (Å²) in [7, 11) is -3.91. The molecule has 2 aromatic rings. The van der Waals surface area contributed by atoms with Gasteiger partial charge in [-0.2, -0.15) is 0 Å². The Morgan fingerprint density at radius 2 is 1.79 bits per heavy atom. The van der Waals surface area contributed by atoms with Gasteiger partial charge in [-0.15, -0.1) is 12.4 Å². The zero-order valence-electron chi connectivity index (χ0n) is 15.0. The van der Waals surface area contributed by atoms with Crippen molar-refractivity contribution >= 4 is 28.4 Å². The van der Waals surface area contributed by atoms with Crippen molar-refractivity contribution in [3.8, 4) is 0 Å². The molecule has 3 rings (SSSR count). The number of aromatic carboxylic acids is 1. The van der Waals surface area contributed by atoms with Gasteiger partial charge in [0.05, 0.1) is 10.5 Å². The highest BCUT2D eigenvalue weighted by Crippen LogP contribution is 2.19. The number of nitrogens with zero attached hydrogens (tertiary/aromatic N) is 1. The van der Waals surface area contributed by atoms with Crippen LogP contribution in [0.1, 0.15) is 28.8 Å². The van der Waals surface area contributed by atoms with Crippen molar-refractivity contribution in [3.05, 3.63) is 65.5 Å². The van der Waals surface area contributed by atoms with E-state index in [1.807, 2.05) is 18.2 Å². The van der Waals surface area contributed by atoms with E-state index in [-0.39, 0.29) is 23.3 Å². The minimum Gasteiger partial charge on any atom is -0.478 e. The van der Waals surface area contributed by atoms with Crippen LogP contribution in [0.4, 0.5) is 4.39 Å². The van der Waals surface area contributed by atoms with Crippen LogP contribution in [-0.4, -0.2) is 43.5 Å². The minimum absolute atomic E-state index is 0. The summed E-state index contributed by atoms with van der Waals surface area (Å²) < 4.78 is 41.1. The number of carboxylic acids is 1. The second-order valence-electron chi connectivity index (χ2n) is 6.60. The number of halogens is 2. The van der Waals surface area contributed by atoms with Gasteiger partial charge in [0.1, 0.15) is 5.82 Å². The lowest BCUT2D eigenvalue weighted by Crippen LogP contribution is -2.44. The number of hydrogen-bond acceptors (Lipinski definition) is 4. The smallest absolute Gasteiger partial charge is 0.338 e. The topological polar surface area (TPSA) is 86.7 Å². The van der Waals surface area contributed by atoms with Crippen LogP contribution < -0.4 is 4.72 Å². The average Bonchev–Trinajstić information content (AvgIpc) is 2.64. The third kappa shape index (κ3) is 5.51. The van der Waals surface area contributed by atoms with E-state index in [2.05, 4.69) is 21.8 Å². The van der Waals surface area contributed by atoms with Crippen molar-refractivity contribution in [1.82, 2.24) is 9.62 Å². The largest absolute Gasteiger partial charge is 0.478 e. The van der Waals surface area contributed by atoms with Crippen molar-refractivity contribution in [3.63, 3.8) is 0 Å². The van der Waals surface area contributed by atoms with Gasteiger partial charge in [0.15, 0.2) is 0 Å². The fourth-order valence-electron chi connectivity index (χ4n) is 3.17. The van der Waals surface area contributed by atoms with E-state index in [9.17, 15) is 17.6 Å². The van der Waals surface area contributed by atoms with Crippen LogP contribution >= 0.6 is 12.4 Å². The van der Waals surface area contributed by atoms with Crippen LogP contribution in [0.2, 0.25) is 0 Å². The van der Waals surface area contributed by atoms with E-state index in [0.717, 1.165) is 37.8 Å². The summed E-state index contributed by atoms with van der Waals surface area (Å²) in [6.07, 6.45) is 1.30. The van der Waals surface area contributed by atoms with Crippen LogP contribution in [0.25, 0.3) is 0 Å². The molecule has 1 fully saturated rings. The predicted octanol–water partition coefficient (Wildman–Crippen LogP) is 2.89. The highest BCUT2D eigenvalue weighted by atomic mass is 35.5. The third-order valence-electron chi connectivity index (χ3n) is 4.64. The Hall–Kier alpha value is -2.00. The lowest BCUT2D eigenvalue weighted by atomic mass is 10.1. The Morgan fingerprint density at radius 3 is 2.39 bits per heavy atom. The summed E-state index contributed by atoms with van der Waals surface area (Å²) in [5.41, 5.74) is 0.555.